The van der Waals surface area contributed by atoms with E-state index in [0.717, 1.165) is 5.56 Å². The minimum Gasteiger partial charge on any atom is -0.469 e. The van der Waals surface area contributed by atoms with Crippen molar-refractivity contribution in [1.82, 2.24) is 9.38 Å². The van der Waals surface area contributed by atoms with Crippen LogP contribution in [-0.2, 0) is 16.0 Å². The summed E-state index contributed by atoms with van der Waals surface area (Å²) in [6.45, 7) is 0. The zero-order valence-corrected chi connectivity index (χ0v) is 12.7. The van der Waals surface area contributed by atoms with E-state index in [4.69, 9.17) is 4.74 Å². The SMILES string of the molecule is COC(=O)Cc1ccc(Oc2nc3ccccn3c2[N+](=O)[O-])cc1. The third kappa shape index (κ3) is 3.02. The van der Waals surface area contributed by atoms with Crippen LogP contribution in [0.1, 0.15) is 5.56 Å². The number of esters is 1. The fourth-order valence-corrected chi connectivity index (χ4v) is 2.22. The van der Waals surface area contributed by atoms with Gasteiger partial charge >= 0.3 is 17.7 Å². The lowest BCUT2D eigenvalue weighted by molar-refractivity contribution is -0.391. The molecule has 3 rings (SSSR count). The molecule has 0 amide bonds. The largest absolute Gasteiger partial charge is 0.469 e. The third-order valence-electron chi connectivity index (χ3n) is 3.36. The molecule has 8 heteroatoms. The predicted molar refractivity (Wildman–Crippen MR) is 84.1 cm³/mol. The maximum Gasteiger partial charge on any atom is 0.392 e. The summed E-state index contributed by atoms with van der Waals surface area (Å²) in [5.74, 6) is -0.300. The molecule has 2 heterocycles. The average molecular weight is 327 g/mol. The van der Waals surface area contributed by atoms with E-state index < -0.39 is 4.92 Å². The maximum atomic E-state index is 11.3. The van der Waals surface area contributed by atoms with Crippen LogP contribution in [0.25, 0.3) is 5.65 Å². The van der Waals surface area contributed by atoms with E-state index in [1.807, 2.05) is 0 Å². The van der Waals surface area contributed by atoms with Gasteiger partial charge in [-0.2, -0.15) is 9.38 Å². The van der Waals surface area contributed by atoms with Crippen molar-refractivity contribution in [1.29, 1.82) is 0 Å². The van der Waals surface area contributed by atoms with Crippen molar-refractivity contribution in [3.63, 3.8) is 0 Å². The van der Waals surface area contributed by atoms with Crippen LogP contribution in [0.5, 0.6) is 11.6 Å². The van der Waals surface area contributed by atoms with Crippen molar-refractivity contribution in [2.45, 2.75) is 6.42 Å². The van der Waals surface area contributed by atoms with Gasteiger partial charge in [-0.15, -0.1) is 0 Å². The first kappa shape index (κ1) is 15.5. The van der Waals surface area contributed by atoms with Crippen molar-refractivity contribution < 1.29 is 19.2 Å². The Morgan fingerprint density at radius 3 is 2.67 bits per heavy atom. The summed E-state index contributed by atoms with van der Waals surface area (Å²) in [6, 6.07) is 11.7. The van der Waals surface area contributed by atoms with Gasteiger partial charge in [0.25, 0.3) is 0 Å². The van der Waals surface area contributed by atoms with Crippen LogP contribution >= 0.6 is 0 Å². The molecule has 0 fully saturated rings. The fraction of sp³-hybridized carbons (Fsp3) is 0.125. The number of ether oxygens (including phenoxy) is 2. The van der Waals surface area contributed by atoms with Gasteiger partial charge in [-0.25, -0.2) is 0 Å². The molecule has 0 radical (unpaired) electrons. The molecule has 0 aliphatic heterocycles. The molecule has 0 aliphatic carbocycles. The minimum absolute atomic E-state index is 0.0908. The highest BCUT2D eigenvalue weighted by atomic mass is 16.6. The number of carbonyl (C=O) groups excluding carboxylic acids is 1. The smallest absolute Gasteiger partial charge is 0.392 e. The van der Waals surface area contributed by atoms with Crippen molar-refractivity contribution in [3.05, 3.63) is 64.3 Å². The number of aromatic nitrogens is 2. The predicted octanol–water partition coefficient (Wildman–Crippen LogP) is 2.75. The van der Waals surface area contributed by atoms with Gasteiger partial charge in [0.1, 0.15) is 5.75 Å². The van der Waals surface area contributed by atoms with Crippen LogP contribution in [0.2, 0.25) is 0 Å². The molecule has 0 saturated heterocycles. The number of nitrogens with zero attached hydrogens (tertiary/aromatic N) is 3. The molecule has 0 aliphatic rings. The standard InChI is InChI=1S/C16H13N3O5/c1-23-14(20)10-11-5-7-12(8-6-11)24-15-16(19(21)22)18-9-3-2-4-13(18)17-15/h2-9H,10H2,1H3. The molecule has 2 aromatic heterocycles. The number of hydrogen-bond acceptors (Lipinski definition) is 6. The molecule has 0 spiro atoms. The van der Waals surface area contributed by atoms with Gasteiger partial charge < -0.3 is 19.6 Å². The second-order valence-corrected chi connectivity index (χ2v) is 4.93. The van der Waals surface area contributed by atoms with Gasteiger partial charge in [-0.05, 0) is 28.7 Å². The van der Waals surface area contributed by atoms with Gasteiger partial charge in [0.15, 0.2) is 0 Å². The Bertz CT molecular complexity index is 902. The summed E-state index contributed by atoms with van der Waals surface area (Å²) in [6.07, 6.45) is 1.69. The molecule has 24 heavy (non-hydrogen) atoms. The number of pyridine rings is 1. The van der Waals surface area contributed by atoms with E-state index in [-0.39, 0.29) is 24.1 Å². The molecular weight excluding hydrogens is 314 g/mol. The highest BCUT2D eigenvalue weighted by Gasteiger charge is 2.24. The van der Waals surface area contributed by atoms with E-state index >= 15 is 0 Å². The normalized spacial score (nSPS) is 10.5. The van der Waals surface area contributed by atoms with Gasteiger partial charge in [0.2, 0.25) is 5.65 Å². The molecule has 0 unspecified atom stereocenters. The van der Waals surface area contributed by atoms with Crippen LogP contribution in [0, 0.1) is 10.1 Å². The Labute approximate surface area is 136 Å². The van der Waals surface area contributed by atoms with E-state index in [1.54, 1.807) is 48.7 Å². The molecule has 0 saturated carbocycles. The Kier molecular flexibility index (Phi) is 4.11. The van der Waals surface area contributed by atoms with Crippen LogP contribution in [0.4, 0.5) is 5.82 Å². The first-order valence-corrected chi connectivity index (χ1v) is 7.03. The van der Waals surface area contributed by atoms with Crippen molar-refractivity contribution in [3.8, 4) is 11.6 Å². The molecule has 1 aromatic carbocycles. The van der Waals surface area contributed by atoms with Gasteiger partial charge in [0.05, 0.1) is 19.7 Å². The first-order chi connectivity index (χ1) is 11.6. The molecular formula is C16H13N3O5. The lowest BCUT2D eigenvalue weighted by Crippen LogP contribution is -2.04. The molecule has 122 valence electrons. The maximum absolute atomic E-state index is 11.3. The first-order valence-electron chi connectivity index (χ1n) is 7.03. The lowest BCUT2D eigenvalue weighted by Gasteiger charge is -2.04. The Morgan fingerprint density at radius 2 is 2.00 bits per heavy atom. The van der Waals surface area contributed by atoms with E-state index in [2.05, 4.69) is 9.72 Å². The Hall–Kier alpha value is -3.42. The molecule has 0 atom stereocenters. The average Bonchev–Trinajstić information content (AvgIpc) is 2.94. The number of imidazole rings is 1. The topological polar surface area (TPSA) is 96.0 Å². The lowest BCUT2D eigenvalue weighted by atomic mass is 10.1. The quantitative estimate of drug-likeness (QED) is 0.406. The number of benzene rings is 1. The van der Waals surface area contributed by atoms with Crippen LogP contribution in [0.15, 0.2) is 48.7 Å². The van der Waals surface area contributed by atoms with Crippen molar-refractivity contribution in [2.24, 2.45) is 0 Å². The summed E-state index contributed by atoms with van der Waals surface area (Å²) in [7, 11) is 1.32. The van der Waals surface area contributed by atoms with E-state index in [0.29, 0.717) is 11.4 Å². The zero-order chi connectivity index (χ0) is 17.1. The molecule has 8 nitrogen and oxygen atoms in total. The monoisotopic (exact) mass is 327 g/mol. The zero-order valence-electron chi connectivity index (χ0n) is 12.7. The number of rotatable bonds is 5. The van der Waals surface area contributed by atoms with Crippen molar-refractivity contribution >= 4 is 17.4 Å². The second kappa shape index (κ2) is 6.37. The number of fused-ring (bicyclic) bond motifs is 1. The van der Waals surface area contributed by atoms with Crippen LogP contribution in [-0.4, -0.2) is 27.4 Å². The molecule has 3 aromatic rings. The van der Waals surface area contributed by atoms with E-state index in [1.165, 1.54) is 11.5 Å². The number of carbonyl (C=O) groups is 1. The highest BCUT2D eigenvalue weighted by molar-refractivity contribution is 5.72. The fourth-order valence-electron chi connectivity index (χ4n) is 2.22. The van der Waals surface area contributed by atoms with Gasteiger partial charge in [0, 0.05) is 6.07 Å². The van der Waals surface area contributed by atoms with Crippen LogP contribution in [0.3, 0.4) is 0 Å². The molecule has 0 N–H and O–H groups in total. The van der Waals surface area contributed by atoms with Crippen LogP contribution < -0.4 is 4.74 Å². The second-order valence-electron chi connectivity index (χ2n) is 4.93. The minimum atomic E-state index is -0.541. The Morgan fingerprint density at radius 1 is 1.25 bits per heavy atom. The summed E-state index contributed by atoms with van der Waals surface area (Å²) in [5.41, 5.74) is 1.17. The number of nitro groups is 1. The summed E-state index contributed by atoms with van der Waals surface area (Å²) in [4.78, 5) is 26.1. The van der Waals surface area contributed by atoms with Gasteiger partial charge in [-0.1, -0.05) is 18.2 Å². The number of hydrogen-bond donors (Lipinski definition) is 0. The molecule has 0 bridgehead atoms. The summed E-state index contributed by atoms with van der Waals surface area (Å²) in [5, 5.41) is 11.3. The Balaban J connectivity index is 1.88. The summed E-state index contributed by atoms with van der Waals surface area (Å²) >= 11 is 0. The third-order valence-corrected chi connectivity index (χ3v) is 3.36. The number of methoxy groups -OCH3 is 1. The highest BCUT2D eigenvalue weighted by Crippen LogP contribution is 2.31. The van der Waals surface area contributed by atoms with Gasteiger partial charge in [-0.3, -0.25) is 4.79 Å². The van der Waals surface area contributed by atoms with Crippen molar-refractivity contribution in [2.75, 3.05) is 7.11 Å². The summed E-state index contributed by atoms with van der Waals surface area (Å²) < 4.78 is 11.5. The van der Waals surface area contributed by atoms with E-state index in [9.17, 15) is 14.9 Å².